The Morgan fingerprint density at radius 3 is 2.67 bits per heavy atom. The van der Waals surface area contributed by atoms with Crippen LogP contribution in [0.15, 0.2) is 18.2 Å². The molecule has 1 saturated carbocycles. The highest BCUT2D eigenvalue weighted by atomic mass is 35.5. The van der Waals surface area contributed by atoms with Crippen molar-refractivity contribution in [2.75, 3.05) is 11.9 Å². The van der Waals surface area contributed by atoms with Crippen molar-refractivity contribution in [1.29, 1.82) is 0 Å². The highest BCUT2D eigenvalue weighted by molar-refractivity contribution is 6.30. The van der Waals surface area contributed by atoms with E-state index in [-0.39, 0.29) is 0 Å². The lowest BCUT2D eigenvalue weighted by molar-refractivity contribution is 0.227. The van der Waals surface area contributed by atoms with Crippen molar-refractivity contribution < 1.29 is 0 Å². The minimum atomic E-state index is 0.462. The van der Waals surface area contributed by atoms with Crippen LogP contribution in [0.1, 0.15) is 37.7 Å². The first-order valence-corrected chi connectivity index (χ1v) is 6.22. The first-order valence-electron chi connectivity index (χ1n) is 5.84. The van der Waals surface area contributed by atoms with Crippen LogP contribution in [0.3, 0.4) is 0 Å². The molecule has 0 amide bonds. The lowest BCUT2D eigenvalue weighted by Gasteiger charge is -2.42. The molecule has 2 heteroatoms. The zero-order valence-electron chi connectivity index (χ0n) is 8.85. The second-order valence-electron chi connectivity index (χ2n) is 4.85. The minimum Gasteiger partial charge on any atom is -0.385 e. The molecule has 1 aromatic rings. The molecule has 0 bridgehead atoms. The number of benzene rings is 1. The Kier molecular flexibility index (Phi) is 2.17. The average molecular weight is 222 g/mol. The molecule has 2 aliphatic rings. The Bertz CT molecular complexity index is 382. The summed E-state index contributed by atoms with van der Waals surface area (Å²) in [4.78, 5) is 0. The molecule has 3 rings (SSSR count). The van der Waals surface area contributed by atoms with Gasteiger partial charge in [0.15, 0.2) is 0 Å². The average Bonchev–Trinajstić information content (AvgIpc) is 2.35. The van der Waals surface area contributed by atoms with Gasteiger partial charge in [0.2, 0.25) is 0 Å². The maximum Gasteiger partial charge on any atom is 0.0410 e. The second kappa shape index (κ2) is 3.41. The molecule has 80 valence electrons. The molecule has 1 nitrogen and oxygen atoms in total. The number of hydrogen-bond acceptors (Lipinski definition) is 1. The summed E-state index contributed by atoms with van der Waals surface area (Å²) in [7, 11) is 0. The van der Waals surface area contributed by atoms with Gasteiger partial charge in [-0.15, -0.1) is 0 Å². The van der Waals surface area contributed by atoms with Crippen LogP contribution in [0.4, 0.5) is 5.69 Å². The van der Waals surface area contributed by atoms with E-state index in [1.165, 1.54) is 43.4 Å². The van der Waals surface area contributed by atoms with Gasteiger partial charge in [-0.05, 0) is 54.9 Å². The van der Waals surface area contributed by atoms with E-state index in [1.54, 1.807) is 0 Å². The largest absolute Gasteiger partial charge is 0.385 e. The van der Waals surface area contributed by atoms with Gasteiger partial charge in [0.25, 0.3) is 0 Å². The molecule has 0 saturated heterocycles. The van der Waals surface area contributed by atoms with E-state index in [0.29, 0.717) is 5.41 Å². The number of hydrogen-bond donors (Lipinski definition) is 1. The van der Waals surface area contributed by atoms with Crippen molar-refractivity contribution in [3.63, 3.8) is 0 Å². The molecule has 0 aromatic heterocycles. The molecule has 0 unspecified atom stereocenters. The van der Waals surface area contributed by atoms with Gasteiger partial charge in [-0.2, -0.15) is 0 Å². The monoisotopic (exact) mass is 221 g/mol. The van der Waals surface area contributed by atoms with Crippen molar-refractivity contribution in [1.82, 2.24) is 0 Å². The standard InChI is InChI=1S/C13H16ClN/c14-10-3-4-12-11(9-10)13(5-1-6-13)7-2-8-15-12/h3-4,9,15H,1-2,5-8H2. The third-order valence-corrected chi connectivity index (χ3v) is 4.25. The second-order valence-corrected chi connectivity index (χ2v) is 5.29. The normalized spacial score (nSPS) is 22.5. The van der Waals surface area contributed by atoms with Crippen LogP contribution in [0.5, 0.6) is 0 Å². The minimum absolute atomic E-state index is 0.462. The van der Waals surface area contributed by atoms with Crippen LogP contribution in [0, 0.1) is 0 Å². The van der Waals surface area contributed by atoms with Gasteiger partial charge in [0, 0.05) is 17.3 Å². The molecule has 1 N–H and O–H groups in total. The van der Waals surface area contributed by atoms with Gasteiger partial charge >= 0.3 is 0 Å². The number of fused-ring (bicyclic) bond motifs is 2. The number of nitrogens with one attached hydrogen (secondary N) is 1. The molecule has 1 heterocycles. The molecule has 1 fully saturated rings. The quantitative estimate of drug-likeness (QED) is 0.699. The molecule has 1 aromatic carbocycles. The summed E-state index contributed by atoms with van der Waals surface area (Å²) in [5, 5.41) is 4.40. The summed E-state index contributed by atoms with van der Waals surface area (Å²) in [6, 6.07) is 6.31. The SMILES string of the molecule is Clc1ccc2c(c1)C1(CCCN2)CCC1. The topological polar surface area (TPSA) is 12.0 Å². The smallest absolute Gasteiger partial charge is 0.0410 e. The summed E-state index contributed by atoms with van der Waals surface area (Å²) in [5.74, 6) is 0. The lowest BCUT2D eigenvalue weighted by Crippen LogP contribution is -2.33. The van der Waals surface area contributed by atoms with Gasteiger partial charge < -0.3 is 5.32 Å². The summed E-state index contributed by atoms with van der Waals surface area (Å²) in [5.41, 5.74) is 3.25. The third-order valence-electron chi connectivity index (χ3n) is 4.01. The molecular formula is C13H16ClN. The highest BCUT2D eigenvalue weighted by Crippen LogP contribution is 2.51. The van der Waals surface area contributed by atoms with Crippen LogP contribution in [-0.4, -0.2) is 6.54 Å². The highest BCUT2D eigenvalue weighted by Gasteiger charge is 2.40. The van der Waals surface area contributed by atoms with Gasteiger partial charge in [-0.1, -0.05) is 18.0 Å². The van der Waals surface area contributed by atoms with E-state index in [0.717, 1.165) is 11.6 Å². The first kappa shape index (κ1) is 9.53. The van der Waals surface area contributed by atoms with Crippen molar-refractivity contribution in [2.45, 2.75) is 37.5 Å². The molecule has 15 heavy (non-hydrogen) atoms. The molecular weight excluding hydrogens is 206 g/mol. The third kappa shape index (κ3) is 1.45. The Hall–Kier alpha value is -0.690. The predicted octanol–water partition coefficient (Wildman–Crippen LogP) is 3.97. The van der Waals surface area contributed by atoms with Crippen LogP contribution in [0.25, 0.3) is 0 Å². The fourth-order valence-corrected chi connectivity index (χ4v) is 3.19. The molecule has 1 aliphatic carbocycles. The summed E-state index contributed by atoms with van der Waals surface area (Å²) in [6.45, 7) is 1.11. The maximum atomic E-state index is 6.11. The zero-order valence-corrected chi connectivity index (χ0v) is 9.61. The van der Waals surface area contributed by atoms with Crippen LogP contribution >= 0.6 is 11.6 Å². The van der Waals surface area contributed by atoms with E-state index in [9.17, 15) is 0 Å². The molecule has 1 spiro atoms. The summed E-state index contributed by atoms with van der Waals surface area (Å²) >= 11 is 6.11. The fraction of sp³-hybridized carbons (Fsp3) is 0.538. The zero-order chi connectivity index (χ0) is 10.3. The van der Waals surface area contributed by atoms with Gasteiger partial charge in [-0.25, -0.2) is 0 Å². The molecule has 1 aliphatic heterocycles. The van der Waals surface area contributed by atoms with Gasteiger partial charge in [0.05, 0.1) is 0 Å². The Morgan fingerprint density at radius 2 is 1.93 bits per heavy atom. The fourth-order valence-electron chi connectivity index (χ4n) is 3.02. The van der Waals surface area contributed by atoms with E-state index < -0.39 is 0 Å². The van der Waals surface area contributed by atoms with Crippen molar-refractivity contribution in [2.24, 2.45) is 0 Å². The van der Waals surface area contributed by atoms with Gasteiger partial charge in [-0.3, -0.25) is 0 Å². The van der Waals surface area contributed by atoms with Crippen LogP contribution in [-0.2, 0) is 5.41 Å². The Morgan fingerprint density at radius 1 is 1.13 bits per heavy atom. The number of rotatable bonds is 0. The van der Waals surface area contributed by atoms with Crippen molar-refractivity contribution >= 4 is 17.3 Å². The number of anilines is 1. The van der Waals surface area contributed by atoms with E-state index >= 15 is 0 Å². The van der Waals surface area contributed by atoms with Crippen LogP contribution in [0.2, 0.25) is 5.02 Å². The molecule has 0 radical (unpaired) electrons. The lowest BCUT2D eigenvalue weighted by atomic mass is 9.62. The predicted molar refractivity (Wildman–Crippen MR) is 64.7 cm³/mol. The summed E-state index contributed by atoms with van der Waals surface area (Å²) < 4.78 is 0. The van der Waals surface area contributed by atoms with Gasteiger partial charge in [0.1, 0.15) is 0 Å². The first-order chi connectivity index (χ1) is 7.30. The maximum absolute atomic E-state index is 6.11. The number of halogens is 1. The Balaban J connectivity index is 2.11. The van der Waals surface area contributed by atoms with Crippen molar-refractivity contribution in [3.05, 3.63) is 28.8 Å². The molecule has 0 atom stereocenters. The summed E-state index contributed by atoms with van der Waals surface area (Å²) in [6.07, 6.45) is 6.69. The van der Waals surface area contributed by atoms with E-state index in [1.807, 2.05) is 6.07 Å². The van der Waals surface area contributed by atoms with Crippen molar-refractivity contribution in [3.8, 4) is 0 Å². The van der Waals surface area contributed by atoms with Crippen LogP contribution < -0.4 is 5.32 Å². The van der Waals surface area contributed by atoms with E-state index in [2.05, 4.69) is 17.4 Å². The van der Waals surface area contributed by atoms with E-state index in [4.69, 9.17) is 11.6 Å². The Labute approximate surface area is 95.8 Å².